The molecule has 5 aliphatic carbocycles. The highest BCUT2D eigenvalue weighted by molar-refractivity contribution is 5.95. The Labute approximate surface area is 309 Å². The summed E-state index contributed by atoms with van der Waals surface area (Å²) in [6.07, 6.45) is 2.55. The predicted molar refractivity (Wildman–Crippen MR) is 193 cm³/mol. The lowest BCUT2D eigenvalue weighted by atomic mass is 9.33. The van der Waals surface area contributed by atoms with Gasteiger partial charge in [-0.05, 0) is 116 Å². The van der Waals surface area contributed by atoms with E-state index in [2.05, 4.69) is 46.9 Å². The Bertz CT molecular complexity index is 1460. The molecule has 15 atom stereocenters. The average Bonchev–Trinajstić information content (AvgIpc) is 3.07. The van der Waals surface area contributed by atoms with Crippen molar-refractivity contribution in [1.82, 2.24) is 5.32 Å². The van der Waals surface area contributed by atoms with E-state index in [1.807, 2.05) is 13.0 Å². The summed E-state index contributed by atoms with van der Waals surface area (Å²) in [6.45, 7) is 15.2. The van der Waals surface area contributed by atoms with E-state index < -0.39 is 54.6 Å². The number of aliphatic hydroxyl groups is 4. The second kappa shape index (κ2) is 13.4. The molecule has 0 aromatic carbocycles. The van der Waals surface area contributed by atoms with Crippen LogP contribution in [0.2, 0.25) is 0 Å². The van der Waals surface area contributed by atoms with E-state index in [1.165, 1.54) is 12.7 Å². The third-order valence-corrected chi connectivity index (χ3v) is 16.7. The maximum atomic E-state index is 14.7. The number of hydrogen-bond acceptors (Lipinski definition) is 9. The van der Waals surface area contributed by atoms with Gasteiger partial charge in [0.05, 0.1) is 18.1 Å². The molecule has 1 amide bonds. The van der Waals surface area contributed by atoms with Gasteiger partial charge in [0.2, 0.25) is 5.91 Å². The first-order valence-electron chi connectivity index (χ1n) is 19.8. The summed E-state index contributed by atoms with van der Waals surface area (Å²) >= 11 is 0. The predicted octanol–water partition coefficient (Wildman–Crippen LogP) is 4.17. The number of allylic oxidation sites excluding steroid dienone is 2. The maximum absolute atomic E-state index is 14.7. The number of carbonyl (C=O) groups is 3. The van der Waals surface area contributed by atoms with Gasteiger partial charge in [0.15, 0.2) is 5.78 Å². The smallest absolute Gasteiger partial charge is 0.309 e. The fourth-order valence-electron chi connectivity index (χ4n) is 13.0. The van der Waals surface area contributed by atoms with Crippen molar-refractivity contribution in [3.63, 3.8) is 0 Å². The number of nitrogens with one attached hydrogen (secondary N) is 1. The molecule has 11 nitrogen and oxygen atoms in total. The minimum absolute atomic E-state index is 0.00124. The summed E-state index contributed by atoms with van der Waals surface area (Å²) in [5.41, 5.74) is -0.611. The lowest BCUT2D eigenvalue weighted by molar-refractivity contribution is -0.252. The van der Waals surface area contributed by atoms with Gasteiger partial charge >= 0.3 is 5.97 Å². The molecule has 4 saturated carbocycles. The van der Waals surface area contributed by atoms with Gasteiger partial charge in [0.25, 0.3) is 0 Å². The molecule has 6 aliphatic rings. The SMILES string of the molecule is COC(CCC(=O)NC1CCC2(C)C(CCC3(C)C2C(=O)C=C2C4CC(C)(C(=O)O)CCC4(C)CCC23C)C1(C)C)C1OC(CO)C(O)C(O)C1O. The van der Waals surface area contributed by atoms with Crippen molar-refractivity contribution in [3.8, 4) is 0 Å². The number of carbonyl (C=O) groups excluding carboxylic acids is 2. The normalized spacial score (nSPS) is 49.0. The molecule has 0 radical (unpaired) electrons. The van der Waals surface area contributed by atoms with Gasteiger partial charge in [-0.3, -0.25) is 14.4 Å². The summed E-state index contributed by atoms with van der Waals surface area (Å²) < 4.78 is 11.3. The van der Waals surface area contributed by atoms with Crippen LogP contribution in [0.25, 0.3) is 0 Å². The van der Waals surface area contributed by atoms with Crippen LogP contribution in [0.4, 0.5) is 0 Å². The summed E-state index contributed by atoms with van der Waals surface area (Å²) in [5.74, 6) is -0.586. The number of methoxy groups -OCH3 is 1. The van der Waals surface area contributed by atoms with E-state index in [4.69, 9.17) is 9.47 Å². The van der Waals surface area contributed by atoms with Crippen LogP contribution in [-0.2, 0) is 23.9 Å². The first-order chi connectivity index (χ1) is 24.1. The number of hydrogen-bond donors (Lipinski definition) is 6. The second-order valence-electron chi connectivity index (χ2n) is 19.6. The summed E-state index contributed by atoms with van der Waals surface area (Å²) in [7, 11) is 1.44. The van der Waals surface area contributed by atoms with Gasteiger partial charge in [-0.1, -0.05) is 47.1 Å². The van der Waals surface area contributed by atoms with Gasteiger partial charge in [-0.15, -0.1) is 0 Å². The van der Waals surface area contributed by atoms with Crippen LogP contribution < -0.4 is 5.32 Å². The van der Waals surface area contributed by atoms with Crippen LogP contribution in [0.3, 0.4) is 0 Å². The second-order valence-corrected chi connectivity index (χ2v) is 19.6. The zero-order valence-corrected chi connectivity index (χ0v) is 32.6. The molecule has 5 fully saturated rings. The summed E-state index contributed by atoms with van der Waals surface area (Å²) in [5, 5.41) is 54.2. The van der Waals surface area contributed by atoms with Crippen LogP contribution >= 0.6 is 0 Å². The van der Waals surface area contributed by atoms with E-state index in [9.17, 15) is 39.9 Å². The quantitative estimate of drug-likeness (QED) is 0.212. The molecule has 11 heteroatoms. The van der Waals surface area contributed by atoms with Crippen LogP contribution in [0.15, 0.2) is 11.6 Å². The number of ether oxygens (including phenoxy) is 2. The number of carboxylic acids is 1. The van der Waals surface area contributed by atoms with Crippen LogP contribution in [0, 0.1) is 50.2 Å². The minimum Gasteiger partial charge on any atom is -0.481 e. The lowest BCUT2D eigenvalue weighted by Crippen LogP contribution is -2.67. The van der Waals surface area contributed by atoms with Crippen molar-refractivity contribution in [2.24, 2.45) is 50.2 Å². The number of fused-ring (bicyclic) bond motifs is 7. The molecule has 15 unspecified atom stereocenters. The topological polar surface area (TPSA) is 183 Å². The van der Waals surface area contributed by atoms with Gasteiger partial charge in [0, 0.05) is 25.5 Å². The minimum atomic E-state index is -1.52. The Morgan fingerprint density at radius 3 is 2.25 bits per heavy atom. The average molecular weight is 732 g/mol. The van der Waals surface area contributed by atoms with E-state index in [0.717, 1.165) is 44.9 Å². The first kappa shape index (κ1) is 39.8. The number of ketones is 1. The number of amides is 1. The van der Waals surface area contributed by atoms with Crippen LogP contribution in [0.1, 0.15) is 119 Å². The molecule has 52 heavy (non-hydrogen) atoms. The number of aliphatic carboxylic acids is 1. The molecule has 1 saturated heterocycles. The zero-order chi connectivity index (χ0) is 38.4. The number of carboxylic acid groups (broad SMARTS) is 1. The van der Waals surface area contributed by atoms with E-state index in [1.54, 1.807) is 0 Å². The van der Waals surface area contributed by atoms with Crippen LogP contribution in [0.5, 0.6) is 0 Å². The largest absolute Gasteiger partial charge is 0.481 e. The maximum Gasteiger partial charge on any atom is 0.309 e. The Morgan fingerprint density at radius 1 is 0.942 bits per heavy atom. The molecule has 6 N–H and O–H groups in total. The number of aliphatic hydroxyl groups excluding tert-OH is 4. The molecular weight excluding hydrogens is 666 g/mol. The fraction of sp³-hybridized carbons (Fsp3) is 0.878. The Balaban J connectivity index is 1.18. The summed E-state index contributed by atoms with van der Waals surface area (Å²) in [6, 6.07) is -0.109. The summed E-state index contributed by atoms with van der Waals surface area (Å²) in [4.78, 5) is 40.7. The molecule has 6 rings (SSSR count). The molecule has 0 aromatic rings. The highest BCUT2D eigenvalue weighted by atomic mass is 16.6. The molecular formula is C41H65NO10. The van der Waals surface area contributed by atoms with Crippen molar-refractivity contribution in [2.75, 3.05) is 13.7 Å². The highest BCUT2D eigenvalue weighted by Gasteiger charge is 2.70. The first-order valence-corrected chi connectivity index (χ1v) is 19.8. The molecule has 0 aromatic heterocycles. The fourth-order valence-corrected chi connectivity index (χ4v) is 13.0. The molecule has 1 aliphatic heterocycles. The highest BCUT2D eigenvalue weighted by Crippen LogP contribution is 2.75. The lowest BCUT2D eigenvalue weighted by Gasteiger charge is -2.70. The Kier molecular flexibility index (Phi) is 10.3. The Morgan fingerprint density at radius 2 is 1.62 bits per heavy atom. The van der Waals surface area contributed by atoms with Crippen molar-refractivity contribution in [1.29, 1.82) is 0 Å². The van der Waals surface area contributed by atoms with Crippen molar-refractivity contribution in [2.45, 2.75) is 162 Å². The Hall–Kier alpha value is -1.89. The van der Waals surface area contributed by atoms with Crippen molar-refractivity contribution in [3.05, 3.63) is 11.6 Å². The van der Waals surface area contributed by atoms with Crippen molar-refractivity contribution >= 4 is 17.7 Å². The van der Waals surface area contributed by atoms with Crippen molar-refractivity contribution < 1.29 is 49.4 Å². The van der Waals surface area contributed by atoms with Crippen LogP contribution in [-0.4, -0.2) is 99.6 Å². The van der Waals surface area contributed by atoms with E-state index in [0.29, 0.717) is 12.8 Å². The van der Waals surface area contributed by atoms with Gasteiger partial charge in [-0.25, -0.2) is 0 Å². The van der Waals surface area contributed by atoms with Gasteiger partial charge < -0.3 is 40.3 Å². The van der Waals surface area contributed by atoms with E-state index >= 15 is 0 Å². The molecule has 0 spiro atoms. The van der Waals surface area contributed by atoms with Gasteiger partial charge in [-0.2, -0.15) is 0 Å². The third kappa shape index (κ3) is 5.85. The van der Waals surface area contributed by atoms with Gasteiger partial charge in [0.1, 0.15) is 30.5 Å². The van der Waals surface area contributed by atoms with E-state index in [-0.39, 0.29) is 75.4 Å². The molecule has 294 valence electrons. The monoisotopic (exact) mass is 731 g/mol. The molecule has 1 heterocycles. The zero-order valence-electron chi connectivity index (χ0n) is 32.6. The third-order valence-electron chi connectivity index (χ3n) is 16.7. The molecule has 0 bridgehead atoms. The standard InChI is InChI=1S/C41H65NO10/c1-36(2)27-11-14-41(7)34(24(44)19-22-23-20-38(4,35(49)50)16-15-37(23,3)17-18-40(22,41)6)39(27,5)13-12-28(36)42-29(45)10-9-25(51-8)33-32(48)31(47)30(46)26(21-43)52-33/h19,23,25-28,30-34,43,46-48H,9-18,20-21H2,1-8H3,(H,42,45)(H,49,50). The number of rotatable bonds is 8.